The second kappa shape index (κ2) is 17.3. The molecular formula is C40H60N2O6S2. The summed E-state index contributed by atoms with van der Waals surface area (Å²) >= 11 is 10.7. The maximum absolute atomic E-state index is 12.5. The van der Waals surface area contributed by atoms with Gasteiger partial charge in [0.05, 0.1) is 0 Å². The van der Waals surface area contributed by atoms with Crippen molar-refractivity contribution in [3.63, 3.8) is 0 Å². The van der Waals surface area contributed by atoms with Gasteiger partial charge in [0.2, 0.25) is 0 Å². The van der Waals surface area contributed by atoms with Gasteiger partial charge in [0, 0.05) is 25.9 Å². The smallest absolute Gasteiger partial charge is 0.306 e. The van der Waals surface area contributed by atoms with Crippen molar-refractivity contribution < 1.29 is 29.3 Å². The Balaban J connectivity index is 1.74. The zero-order valence-electron chi connectivity index (χ0n) is 32.3. The lowest BCUT2D eigenvalue weighted by atomic mass is 9.78. The number of hydrogen-bond acceptors (Lipinski definition) is 8. The summed E-state index contributed by atoms with van der Waals surface area (Å²) in [7, 11) is 0. The second-order valence-corrected chi connectivity index (χ2v) is 17.8. The highest BCUT2D eigenvalue weighted by atomic mass is 32.1. The summed E-state index contributed by atoms with van der Waals surface area (Å²) in [5, 5.41) is 27.8. The third kappa shape index (κ3) is 13.1. The molecule has 2 aromatic rings. The number of aryl methyl sites for hydroxylation is 2. The van der Waals surface area contributed by atoms with Crippen LogP contribution in [0.3, 0.4) is 0 Å². The van der Waals surface area contributed by atoms with Crippen LogP contribution in [0, 0.1) is 0 Å². The summed E-state index contributed by atoms with van der Waals surface area (Å²) in [6.45, 7) is 25.6. The van der Waals surface area contributed by atoms with E-state index in [4.69, 9.17) is 33.9 Å². The molecule has 0 unspecified atom stereocenters. The van der Waals surface area contributed by atoms with E-state index in [1.54, 1.807) is 0 Å². The largest absolute Gasteiger partial charge is 0.507 e. The molecule has 0 heterocycles. The van der Waals surface area contributed by atoms with E-state index in [0.717, 1.165) is 33.4 Å². The molecule has 0 amide bonds. The third-order valence-electron chi connectivity index (χ3n) is 8.31. The lowest BCUT2D eigenvalue weighted by molar-refractivity contribution is -0.144. The zero-order valence-corrected chi connectivity index (χ0v) is 33.9. The fraction of sp³-hybridized carbons (Fsp3) is 0.600. The molecule has 278 valence electrons. The first-order valence-electron chi connectivity index (χ1n) is 17.4. The normalized spacial score (nSPS) is 12.3. The molecule has 8 nitrogen and oxygen atoms in total. The van der Waals surface area contributed by atoms with Crippen molar-refractivity contribution in [1.29, 1.82) is 0 Å². The molecule has 0 saturated carbocycles. The van der Waals surface area contributed by atoms with Gasteiger partial charge in [0.25, 0.3) is 0 Å². The van der Waals surface area contributed by atoms with Crippen LogP contribution in [0.25, 0.3) is 0 Å². The van der Waals surface area contributed by atoms with Gasteiger partial charge in [0.1, 0.15) is 34.7 Å². The number of nitrogens with one attached hydrogen (secondary N) is 2. The highest BCUT2D eigenvalue weighted by molar-refractivity contribution is 7.89. The topological polar surface area (TPSA) is 117 Å². The van der Waals surface area contributed by atoms with Gasteiger partial charge in [0.15, 0.2) is 0 Å². The quantitative estimate of drug-likeness (QED) is 0.0981. The summed E-state index contributed by atoms with van der Waals surface area (Å²) in [4.78, 5) is 25.6. The Morgan fingerprint density at radius 2 is 0.820 bits per heavy atom. The Hall–Kier alpha value is -3.24. The Morgan fingerprint density at radius 3 is 1.06 bits per heavy atom. The van der Waals surface area contributed by atoms with Crippen LogP contribution < -0.4 is 10.6 Å². The Kier molecular flexibility index (Phi) is 14.9. The molecule has 0 atom stereocenters. The van der Waals surface area contributed by atoms with Gasteiger partial charge >= 0.3 is 11.9 Å². The summed E-state index contributed by atoms with van der Waals surface area (Å²) in [6, 6.07) is 7.93. The van der Waals surface area contributed by atoms with Gasteiger partial charge in [-0.05, 0) is 67.9 Å². The average Bonchev–Trinajstić information content (AvgIpc) is 2.97. The minimum absolute atomic E-state index is 0.130. The van der Waals surface area contributed by atoms with E-state index in [9.17, 15) is 19.8 Å². The number of benzene rings is 2. The van der Waals surface area contributed by atoms with Gasteiger partial charge < -0.3 is 30.3 Å². The minimum Gasteiger partial charge on any atom is -0.507 e. The Bertz CT molecular complexity index is 1350. The Labute approximate surface area is 311 Å². The molecular weight excluding hydrogens is 669 g/mol. The van der Waals surface area contributed by atoms with Crippen LogP contribution >= 0.6 is 24.4 Å². The number of aromatic hydroxyl groups is 2. The Morgan fingerprint density at radius 1 is 0.560 bits per heavy atom. The molecule has 10 heteroatoms. The second-order valence-electron chi connectivity index (χ2n) is 17.0. The summed E-state index contributed by atoms with van der Waals surface area (Å²) < 4.78 is 10.8. The van der Waals surface area contributed by atoms with Crippen LogP contribution in [0.5, 0.6) is 11.5 Å². The van der Waals surface area contributed by atoms with E-state index in [2.05, 4.69) is 93.7 Å². The van der Waals surface area contributed by atoms with Crippen LogP contribution in [0.15, 0.2) is 24.3 Å². The molecule has 0 spiro atoms. The molecule has 0 aliphatic heterocycles. The standard InChI is InChI=1S/C40H60N2O6S2/c1-37(2,3)27-21-25(22-28(33(27)45)38(4,5)6)13-15-31(43)47-19-17-41-35(49)36(50)42-18-20-48-32(44)16-14-26-23-29(39(7,8)9)34(46)30(24-26)40(10,11)12/h21-24,45-46H,13-20H2,1-12H3,(H,41,49)(H,42,50). The number of rotatable bonds is 12. The average molecular weight is 729 g/mol. The van der Waals surface area contributed by atoms with Crippen LogP contribution in [0.1, 0.15) is 129 Å². The summed E-state index contributed by atoms with van der Waals surface area (Å²) in [5.74, 6) is -0.00768. The van der Waals surface area contributed by atoms with Gasteiger partial charge in [-0.25, -0.2) is 0 Å². The van der Waals surface area contributed by atoms with E-state index in [0.29, 0.717) is 47.4 Å². The van der Waals surface area contributed by atoms with Crippen molar-refractivity contribution in [2.75, 3.05) is 26.3 Å². The molecule has 0 fully saturated rings. The van der Waals surface area contributed by atoms with Crippen molar-refractivity contribution in [2.45, 2.75) is 130 Å². The van der Waals surface area contributed by atoms with Crippen molar-refractivity contribution in [2.24, 2.45) is 0 Å². The fourth-order valence-corrected chi connectivity index (χ4v) is 5.77. The molecule has 0 radical (unpaired) electrons. The van der Waals surface area contributed by atoms with E-state index >= 15 is 0 Å². The SMILES string of the molecule is CC(C)(C)c1cc(CCC(=O)OCCNC(=S)C(=S)NCCOC(=O)CCc2cc(C(C)(C)C)c(O)c(C(C)(C)C)c2)cc(C(C)(C)C)c1O. The molecule has 0 aliphatic rings. The number of carbonyl (C=O) groups is 2. The van der Waals surface area contributed by atoms with Crippen LogP contribution in [-0.2, 0) is 53.6 Å². The minimum atomic E-state index is -0.322. The monoisotopic (exact) mass is 728 g/mol. The molecule has 2 aromatic carbocycles. The highest BCUT2D eigenvalue weighted by Crippen LogP contribution is 2.41. The van der Waals surface area contributed by atoms with E-state index in [1.165, 1.54) is 0 Å². The van der Waals surface area contributed by atoms with Crippen molar-refractivity contribution in [3.05, 3.63) is 57.6 Å². The summed E-state index contributed by atoms with van der Waals surface area (Å²) in [5.41, 5.74) is 4.46. The number of carbonyl (C=O) groups excluding carboxylic acids is 2. The number of hydrogen-bond donors (Lipinski definition) is 4. The first-order chi connectivity index (χ1) is 22.8. The maximum atomic E-state index is 12.5. The first kappa shape index (κ1) is 42.9. The molecule has 2 rings (SSSR count). The van der Waals surface area contributed by atoms with Gasteiger partial charge in [-0.1, -0.05) is 132 Å². The maximum Gasteiger partial charge on any atom is 0.306 e. The number of phenolic OH excluding ortho intramolecular Hbond substituents is 2. The van der Waals surface area contributed by atoms with Crippen molar-refractivity contribution >= 4 is 46.4 Å². The lowest BCUT2D eigenvalue weighted by Gasteiger charge is -2.28. The number of ether oxygens (including phenoxy) is 2. The first-order valence-corrected chi connectivity index (χ1v) is 18.2. The predicted molar refractivity (Wildman–Crippen MR) is 211 cm³/mol. The van der Waals surface area contributed by atoms with Crippen LogP contribution in [0.2, 0.25) is 0 Å². The van der Waals surface area contributed by atoms with E-state index in [-0.39, 0.29) is 59.7 Å². The highest BCUT2D eigenvalue weighted by Gasteiger charge is 2.28. The van der Waals surface area contributed by atoms with Gasteiger partial charge in [-0.15, -0.1) is 0 Å². The molecule has 0 aromatic heterocycles. The van der Waals surface area contributed by atoms with Crippen LogP contribution in [-0.4, -0.2) is 58.4 Å². The lowest BCUT2D eigenvalue weighted by Crippen LogP contribution is -2.40. The van der Waals surface area contributed by atoms with Crippen LogP contribution in [0.4, 0.5) is 0 Å². The van der Waals surface area contributed by atoms with Gasteiger partial charge in [-0.3, -0.25) is 9.59 Å². The number of esters is 2. The van der Waals surface area contributed by atoms with Crippen molar-refractivity contribution in [1.82, 2.24) is 10.6 Å². The molecule has 0 aliphatic carbocycles. The summed E-state index contributed by atoms with van der Waals surface area (Å²) in [6.07, 6.45) is 1.43. The fourth-order valence-electron chi connectivity index (χ4n) is 5.42. The zero-order chi connectivity index (χ0) is 38.2. The molecule has 50 heavy (non-hydrogen) atoms. The van der Waals surface area contributed by atoms with E-state index < -0.39 is 0 Å². The molecule has 0 bridgehead atoms. The third-order valence-corrected chi connectivity index (χ3v) is 9.14. The number of phenols is 2. The van der Waals surface area contributed by atoms with E-state index in [1.807, 2.05) is 24.3 Å². The predicted octanol–water partition coefficient (Wildman–Crippen LogP) is 7.77. The van der Waals surface area contributed by atoms with Crippen molar-refractivity contribution in [3.8, 4) is 11.5 Å². The molecule has 0 saturated heterocycles. The number of thiocarbonyl (C=S) groups is 2. The van der Waals surface area contributed by atoms with Gasteiger partial charge in [-0.2, -0.15) is 0 Å². The molecule has 4 N–H and O–H groups in total.